The van der Waals surface area contributed by atoms with Crippen molar-refractivity contribution in [3.63, 3.8) is 0 Å². The summed E-state index contributed by atoms with van der Waals surface area (Å²) in [6.07, 6.45) is 7.16. The number of likely N-dealkylation sites (tertiary alicyclic amines) is 1. The van der Waals surface area contributed by atoms with Crippen LogP contribution < -0.4 is 9.64 Å². The Hall–Kier alpha value is -3.17. The van der Waals surface area contributed by atoms with Crippen LogP contribution in [0.25, 0.3) is 0 Å². The van der Waals surface area contributed by atoms with Gasteiger partial charge in [-0.15, -0.1) is 0 Å². The number of anilines is 1. The molecule has 2 fully saturated rings. The number of fused-ring (bicyclic) bond motifs is 2. The van der Waals surface area contributed by atoms with E-state index in [1.807, 2.05) is 32.1 Å². The van der Waals surface area contributed by atoms with Crippen molar-refractivity contribution in [3.05, 3.63) is 48.6 Å². The first kappa shape index (κ1) is 24.5. The van der Waals surface area contributed by atoms with Gasteiger partial charge in [-0.25, -0.2) is 0 Å². The molecule has 1 spiro atoms. The summed E-state index contributed by atoms with van der Waals surface area (Å²) in [7, 11) is 1.57. The Labute approximate surface area is 210 Å². The largest absolute Gasteiger partial charge is 0.497 e. The van der Waals surface area contributed by atoms with Crippen molar-refractivity contribution in [1.29, 1.82) is 0 Å². The van der Waals surface area contributed by atoms with Crippen LogP contribution in [0.4, 0.5) is 5.69 Å². The van der Waals surface area contributed by atoms with E-state index < -0.39 is 41.6 Å². The lowest BCUT2D eigenvalue weighted by Gasteiger charge is -2.39. The van der Waals surface area contributed by atoms with Gasteiger partial charge in [0.05, 0.1) is 38.4 Å². The predicted octanol–water partition coefficient (Wildman–Crippen LogP) is 1.70. The Morgan fingerprint density at radius 1 is 1.14 bits per heavy atom. The van der Waals surface area contributed by atoms with E-state index in [9.17, 15) is 19.5 Å². The number of ether oxygens (including phenoxy) is 3. The van der Waals surface area contributed by atoms with E-state index in [4.69, 9.17) is 14.2 Å². The van der Waals surface area contributed by atoms with Crippen molar-refractivity contribution >= 4 is 23.5 Å². The Morgan fingerprint density at radius 2 is 1.89 bits per heavy atom. The summed E-state index contributed by atoms with van der Waals surface area (Å²) in [5.41, 5.74) is -0.715. The molecule has 36 heavy (non-hydrogen) atoms. The molecular formula is C27H32N2O7. The molecule has 5 rings (SSSR count). The average molecular weight is 497 g/mol. The molecule has 4 aliphatic heterocycles. The number of hydrogen-bond acceptors (Lipinski definition) is 7. The number of benzene rings is 1. The molecule has 0 aromatic heterocycles. The van der Waals surface area contributed by atoms with Crippen LogP contribution in [-0.4, -0.2) is 78.4 Å². The molecule has 2 amide bonds. The molecule has 1 N–H and O–H groups in total. The molecular weight excluding hydrogens is 464 g/mol. The second-order valence-electron chi connectivity index (χ2n) is 10.0. The highest BCUT2D eigenvalue weighted by molar-refractivity contribution is 6.05. The van der Waals surface area contributed by atoms with Gasteiger partial charge in [0.15, 0.2) is 0 Å². The Kier molecular flexibility index (Phi) is 6.38. The highest BCUT2D eigenvalue weighted by Gasteiger charge is 2.72. The van der Waals surface area contributed by atoms with Crippen LogP contribution in [0.15, 0.2) is 48.6 Å². The first-order chi connectivity index (χ1) is 17.3. The van der Waals surface area contributed by atoms with Crippen LogP contribution in [0, 0.1) is 17.8 Å². The third-order valence-electron chi connectivity index (χ3n) is 7.76. The van der Waals surface area contributed by atoms with Crippen LogP contribution in [-0.2, 0) is 23.9 Å². The van der Waals surface area contributed by atoms with E-state index in [0.29, 0.717) is 17.9 Å². The summed E-state index contributed by atoms with van der Waals surface area (Å²) in [6, 6.07) is 5.44. The van der Waals surface area contributed by atoms with Gasteiger partial charge in [-0.3, -0.25) is 14.4 Å². The van der Waals surface area contributed by atoms with Gasteiger partial charge in [0.2, 0.25) is 5.91 Å². The number of carbonyl (C=O) groups excluding carboxylic acids is 3. The van der Waals surface area contributed by atoms with Gasteiger partial charge < -0.3 is 29.1 Å². The second kappa shape index (κ2) is 9.37. The summed E-state index contributed by atoms with van der Waals surface area (Å²) in [5.74, 6) is -2.49. The van der Waals surface area contributed by atoms with Crippen molar-refractivity contribution in [2.45, 2.75) is 44.1 Å². The monoisotopic (exact) mass is 496 g/mol. The van der Waals surface area contributed by atoms with Crippen molar-refractivity contribution in [2.75, 3.05) is 31.8 Å². The molecule has 4 aliphatic rings. The van der Waals surface area contributed by atoms with Crippen LogP contribution in [0.3, 0.4) is 0 Å². The zero-order valence-corrected chi connectivity index (χ0v) is 20.7. The van der Waals surface area contributed by atoms with E-state index >= 15 is 0 Å². The summed E-state index contributed by atoms with van der Waals surface area (Å²) in [6.45, 7) is 3.96. The molecule has 9 nitrogen and oxygen atoms in total. The summed E-state index contributed by atoms with van der Waals surface area (Å²) < 4.78 is 17.2. The first-order valence-corrected chi connectivity index (χ1v) is 12.4. The zero-order chi connectivity index (χ0) is 25.6. The van der Waals surface area contributed by atoms with Crippen molar-refractivity contribution in [1.82, 2.24) is 4.90 Å². The van der Waals surface area contributed by atoms with Crippen molar-refractivity contribution in [2.24, 2.45) is 17.8 Å². The molecule has 0 aliphatic carbocycles. The van der Waals surface area contributed by atoms with E-state index in [1.54, 1.807) is 42.4 Å². The molecule has 4 heterocycles. The third-order valence-corrected chi connectivity index (χ3v) is 7.76. The van der Waals surface area contributed by atoms with Crippen LogP contribution in [0.5, 0.6) is 5.75 Å². The second-order valence-corrected chi connectivity index (χ2v) is 10.0. The van der Waals surface area contributed by atoms with E-state index in [1.165, 1.54) is 4.90 Å². The number of rotatable bonds is 5. The molecule has 192 valence electrons. The highest BCUT2D eigenvalue weighted by atomic mass is 16.6. The number of methoxy groups -OCH3 is 1. The van der Waals surface area contributed by atoms with Crippen LogP contribution in [0.2, 0.25) is 0 Å². The van der Waals surface area contributed by atoms with Gasteiger partial charge in [-0.1, -0.05) is 38.2 Å². The number of carbonyl (C=O) groups is 3. The lowest BCUT2D eigenvalue weighted by atomic mass is 9.77. The minimum Gasteiger partial charge on any atom is -0.497 e. The SMILES string of the molecule is COc1ccc(N2CC=C[C@]34O[C@@H]5C=CCCOC(=O)[C@@H]5[C@H]3C(=O)N([C@@H](CO)C(C)C)C4C2=O)cc1. The van der Waals surface area contributed by atoms with Gasteiger partial charge in [-0.05, 0) is 36.6 Å². The van der Waals surface area contributed by atoms with Gasteiger partial charge in [0, 0.05) is 12.2 Å². The summed E-state index contributed by atoms with van der Waals surface area (Å²) >= 11 is 0. The predicted molar refractivity (Wildman–Crippen MR) is 130 cm³/mol. The lowest BCUT2D eigenvalue weighted by Crippen LogP contribution is -2.59. The maximum atomic E-state index is 14.3. The third kappa shape index (κ3) is 3.64. The van der Waals surface area contributed by atoms with E-state index in [2.05, 4.69) is 0 Å². The smallest absolute Gasteiger partial charge is 0.312 e. The van der Waals surface area contributed by atoms with Gasteiger partial charge >= 0.3 is 5.97 Å². The molecule has 1 aromatic carbocycles. The molecule has 1 unspecified atom stereocenters. The van der Waals surface area contributed by atoms with Crippen LogP contribution >= 0.6 is 0 Å². The number of nitrogens with zero attached hydrogens (tertiary/aromatic N) is 2. The van der Waals surface area contributed by atoms with E-state index in [-0.39, 0.29) is 37.5 Å². The number of aliphatic hydroxyl groups excluding tert-OH is 1. The van der Waals surface area contributed by atoms with Crippen molar-refractivity contribution < 1.29 is 33.7 Å². The minimum absolute atomic E-state index is 0.135. The lowest BCUT2D eigenvalue weighted by molar-refractivity contribution is -0.155. The molecule has 0 saturated carbocycles. The number of esters is 1. The number of hydrogen-bond donors (Lipinski definition) is 1. The van der Waals surface area contributed by atoms with Gasteiger partial charge in [0.1, 0.15) is 23.3 Å². The molecule has 0 bridgehead atoms. The number of aliphatic hydroxyl groups is 1. The Balaban J connectivity index is 1.64. The molecule has 9 heteroatoms. The average Bonchev–Trinajstić information content (AvgIpc) is 3.23. The fourth-order valence-electron chi connectivity index (χ4n) is 6.02. The normalized spacial score (nSPS) is 32.4. The molecule has 6 atom stereocenters. The van der Waals surface area contributed by atoms with E-state index in [0.717, 1.165) is 0 Å². The minimum atomic E-state index is -1.36. The Bertz CT molecular complexity index is 1100. The van der Waals surface area contributed by atoms with Crippen LogP contribution in [0.1, 0.15) is 20.3 Å². The molecule has 0 radical (unpaired) electrons. The van der Waals surface area contributed by atoms with Gasteiger partial charge in [-0.2, -0.15) is 0 Å². The maximum absolute atomic E-state index is 14.3. The standard InChI is InChI=1S/C27H32N2O7/c1-16(2)19(15-30)29-23-25(32)28(17-8-10-18(34-3)11-9-17)13-6-12-27(23)22(24(29)31)21-20(36-27)7-4-5-14-35-26(21)33/h4,6-12,16,19-23,30H,5,13-15H2,1-3H3/t19-,20+,21-,22-,23?,27-/m0/s1. The quantitative estimate of drug-likeness (QED) is 0.489. The molecule has 1 aromatic rings. The fraction of sp³-hybridized carbons (Fsp3) is 0.519. The summed E-state index contributed by atoms with van der Waals surface area (Å²) in [5, 5.41) is 10.3. The number of amides is 2. The maximum Gasteiger partial charge on any atom is 0.312 e. The van der Waals surface area contributed by atoms with Gasteiger partial charge in [0.25, 0.3) is 5.91 Å². The summed E-state index contributed by atoms with van der Waals surface area (Å²) in [4.78, 5) is 44.6. The first-order valence-electron chi connectivity index (χ1n) is 12.4. The topological polar surface area (TPSA) is 106 Å². The fourth-order valence-corrected chi connectivity index (χ4v) is 6.02. The highest BCUT2D eigenvalue weighted by Crippen LogP contribution is 2.54. The molecule has 2 saturated heterocycles. The van der Waals surface area contributed by atoms with Crippen molar-refractivity contribution in [3.8, 4) is 5.75 Å². The number of cyclic esters (lactones) is 1. The Morgan fingerprint density at radius 3 is 2.56 bits per heavy atom. The zero-order valence-electron chi connectivity index (χ0n) is 20.7.